The third kappa shape index (κ3) is 4.80. The molecule has 0 fully saturated rings. The molecule has 118 valence electrons. The molecule has 0 saturated carbocycles. The van der Waals surface area contributed by atoms with Crippen molar-refractivity contribution in [3.8, 4) is 5.75 Å². The van der Waals surface area contributed by atoms with Gasteiger partial charge >= 0.3 is 5.97 Å². The van der Waals surface area contributed by atoms with E-state index in [-0.39, 0.29) is 17.0 Å². The molecular formula is C12H17NO6S2. The van der Waals surface area contributed by atoms with Crippen molar-refractivity contribution in [2.24, 2.45) is 0 Å². The molecule has 1 aromatic rings. The van der Waals surface area contributed by atoms with Gasteiger partial charge < -0.3 is 10.2 Å². The second-order valence-corrected chi connectivity index (χ2v) is 7.76. The fourth-order valence-corrected chi connectivity index (χ4v) is 3.57. The van der Waals surface area contributed by atoms with Crippen molar-refractivity contribution in [3.63, 3.8) is 0 Å². The van der Waals surface area contributed by atoms with E-state index in [0.29, 0.717) is 12.2 Å². The van der Waals surface area contributed by atoms with E-state index in [9.17, 15) is 22.5 Å². The number of aryl methyl sites for hydroxylation is 1. The minimum absolute atomic E-state index is 0.102. The third-order valence-corrected chi connectivity index (χ3v) is 5.18. The van der Waals surface area contributed by atoms with Crippen LogP contribution in [0.25, 0.3) is 0 Å². The van der Waals surface area contributed by atoms with Gasteiger partial charge in [-0.1, -0.05) is 0 Å². The molecule has 0 spiro atoms. The summed E-state index contributed by atoms with van der Waals surface area (Å²) in [5, 5.41) is 18.4. The summed E-state index contributed by atoms with van der Waals surface area (Å²) in [5.41, 5.74) is -0.236. The lowest BCUT2D eigenvalue weighted by Crippen LogP contribution is -2.26. The van der Waals surface area contributed by atoms with Crippen LogP contribution < -0.4 is 4.72 Å². The van der Waals surface area contributed by atoms with Gasteiger partial charge in [0.2, 0.25) is 10.0 Å². The van der Waals surface area contributed by atoms with Crippen LogP contribution in [0.5, 0.6) is 5.75 Å². The van der Waals surface area contributed by atoms with Gasteiger partial charge in [-0.05, 0) is 31.0 Å². The maximum absolute atomic E-state index is 12.1. The van der Waals surface area contributed by atoms with E-state index < -0.39 is 38.1 Å². The van der Waals surface area contributed by atoms with Gasteiger partial charge in [-0.15, -0.1) is 0 Å². The number of benzene rings is 1. The van der Waals surface area contributed by atoms with E-state index in [0.717, 1.165) is 12.1 Å². The summed E-state index contributed by atoms with van der Waals surface area (Å²) >= 11 is 0. The van der Waals surface area contributed by atoms with Crippen molar-refractivity contribution in [3.05, 3.63) is 23.3 Å². The average molecular weight is 335 g/mol. The smallest absolute Gasteiger partial charge is 0.339 e. The molecule has 21 heavy (non-hydrogen) atoms. The van der Waals surface area contributed by atoms with Crippen LogP contribution in [-0.4, -0.2) is 47.4 Å². The number of carbonyl (C=O) groups is 1. The molecule has 0 aromatic heterocycles. The van der Waals surface area contributed by atoms with Crippen molar-refractivity contribution in [2.45, 2.75) is 18.2 Å². The van der Waals surface area contributed by atoms with E-state index >= 15 is 0 Å². The standard InChI is InChI=1S/C12H17NO6S2/c1-8-6-10(14)9(12(15)16)7-11(8)21(18,19)13-4-3-5-20(2)17/h6-7,13-14H,3-5H2,1-2H3,(H,15,16). The zero-order valence-corrected chi connectivity index (χ0v) is 13.3. The maximum atomic E-state index is 12.1. The number of rotatable bonds is 7. The Morgan fingerprint density at radius 2 is 2.00 bits per heavy atom. The van der Waals surface area contributed by atoms with Gasteiger partial charge in [0.25, 0.3) is 0 Å². The SMILES string of the molecule is Cc1cc(O)c(C(=O)O)cc1S(=O)(=O)NCCCS(C)=O. The van der Waals surface area contributed by atoms with Gasteiger partial charge in [0.1, 0.15) is 11.3 Å². The van der Waals surface area contributed by atoms with Gasteiger partial charge in [-0.2, -0.15) is 0 Å². The van der Waals surface area contributed by atoms with Crippen molar-refractivity contribution in [2.75, 3.05) is 18.6 Å². The minimum atomic E-state index is -3.89. The fourth-order valence-electron chi connectivity index (χ4n) is 1.69. The molecule has 0 heterocycles. The van der Waals surface area contributed by atoms with E-state index in [2.05, 4.69) is 4.72 Å². The predicted octanol–water partition coefficient (Wildman–Crippen LogP) is 0.446. The van der Waals surface area contributed by atoms with E-state index in [1.807, 2.05) is 0 Å². The second kappa shape index (κ2) is 7.01. The Balaban J connectivity index is 3.00. The molecule has 1 rings (SSSR count). The van der Waals surface area contributed by atoms with Crippen molar-refractivity contribution in [1.29, 1.82) is 0 Å². The summed E-state index contributed by atoms with van der Waals surface area (Å²) in [5.74, 6) is -1.53. The summed E-state index contributed by atoms with van der Waals surface area (Å²) in [4.78, 5) is 10.7. The van der Waals surface area contributed by atoms with Gasteiger partial charge in [-0.3, -0.25) is 4.21 Å². The minimum Gasteiger partial charge on any atom is -0.507 e. The molecule has 9 heteroatoms. The Morgan fingerprint density at radius 3 is 2.52 bits per heavy atom. The molecule has 0 aliphatic heterocycles. The Kier molecular flexibility index (Phi) is 5.87. The van der Waals surface area contributed by atoms with Crippen LogP contribution in [0, 0.1) is 6.92 Å². The van der Waals surface area contributed by atoms with Crippen LogP contribution in [0.2, 0.25) is 0 Å². The van der Waals surface area contributed by atoms with E-state index in [4.69, 9.17) is 5.11 Å². The summed E-state index contributed by atoms with van der Waals surface area (Å²) in [7, 11) is -4.89. The van der Waals surface area contributed by atoms with Crippen LogP contribution in [0.1, 0.15) is 22.3 Å². The number of phenols is 1. The van der Waals surface area contributed by atoms with Gasteiger partial charge in [0.15, 0.2) is 0 Å². The number of carboxylic acids is 1. The first-order chi connectivity index (χ1) is 9.65. The molecule has 1 atom stereocenters. The molecule has 0 saturated heterocycles. The van der Waals surface area contributed by atoms with Crippen LogP contribution in [0.4, 0.5) is 0 Å². The number of carboxylic acid groups (broad SMARTS) is 1. The molecule has 7 nitrogen and oxygen atoms in total. The fraction of sp³-hybridized carbons (Fsp3) is 0.417. The van der Waals surface area contributed by atoms with Crippen LogP contribution >= 0.6 is 0 Å². The first-order valence-electron chi connectivity index (χ1n) is 6.01. The number of hydrogen-bond acceptors (Lipinski definition) is 5. The molecular weight excluding hydrogens is 318 g/mol. The predicted molar refractivity (Wildman–Crippen MR) is 78.5 cm³/mol. The Morgan fingerprint density at radius 1 is 1.38 bits per heavy atom. The number of nitrogens with one attached hydrogen (secondary N) is 1. The lowest BCUT2D eigenvalue weighted by atomic mass is 10.1. The lowest BCUT2D eigenvalue weighted by molar-refractivity contribution is 0.0693. The van der Waals surface area contributed by atoms with E-state index in [1.54, 1.807) is 0 Å². The highest BCUT2D eigenvalue weighted by molar-refractivity contribution is 7.89. The van der Waals surface area contributed by atoms with Crippen LogP contribution in [-0.2, 0) is 20.8 Å². The number of aromatic hydroxyl groups is 1. The van der Waals surface area contributed by atoms with Gasteiger partial charge in [-0.25, -0.2) is 17.9 Å². The Labute approximate surface area is 125 Å². The molecule has 0 amide bonds. The first kappa shape index (κ1) is 17.6. The van der Waals surface area contributed by atoms with Crippen LogP contribution in [0.3, 0.4) is 0 Å². The zero-order valence-electron chi connectivity index (χ0n) is 11.6. The largest absolute Gasteiger partial charge is 0.507 e. The molecule has 0 radical (unpaired) electrons. The molecule has 0 aliphatic carbocycles. The van der Waals surface area contributed by atoms with Crippen molar-refractivity contribution >= 4 is 26.8 Å². The van der Waals surface area contributed by atoms with Crippen molar-refractivity contribution < 1.29 is 27.6 Å². The third-order valence-electron chi connectivity index (χ3n) is 2.71. The first-order valence-corrected chi connectivity index (χ1v) is 9.23. The van der Waals surface area contributed by atoms with Crippen molar-refractivity contribution in [1.82, 2.24) is 4.72 Å². The molecule has 1 aromatic carbocycles. The maximum Gasteiger partial charge on any atom is 0.339 e. The molecule has 0 bridgehead atoms. The average Bonchev–Trinajstić information content (AvgIpc) is 2.33. The molecule has 3 N–H and O–H groups in total. The quantitative estimate of drug-likeness (QED) is 0.622. The van der Waals surface area contributed by atoms with Gasteiger partial charge in [0, 0.05) is 29.4 Å². The van der Waals surface area contributed by atoms with E-state index in [1.165, 1.54) is 13.2 Å². The highest BCUT2D eigenvalue weighted by Gasteiger charge is 2.21. The second-order valence-electron chi connectivity index (χ2n) is 4.47. The molecule has 0 aliphatic rings. The van der Waals surface area contributed by atoms with Crippen LogP contribution in [0.15, 0.2) is 17.0 Å². The summed E-state index contributed by atoms with van der Waals surface area (Å²) in [6, 6.07) is 2.02. The lowest BCUT2D eigenvalue weighted by Gasteiger charge is -2.11. The summed E-state index contributed by atoms with van der Waals surface area (Å²) in [6.45, 7) is 1.56. The highest BCUT2D eigenvalue weighted by atomic mass is 32.2. The molecule has 1 unspecified atom stereocenters. The Bertz CT molecular complexity index is 669. The monoisotopic (exact) mass is 335 g/mol. The number of hydrogen-bond donors (Lipinski definition) is 3. The number of aromatic carboxylic acids is 1. The highest BCUT2D eigenvalue weighted by Crippen LogP contribution is 2.25. The Hall–Kier alpha value is -1.45. The normalized spacial score (nSPS) is 13.0. The zero-order chi connectivity index (χ0) is 16.2. The van der Waals surface area contributed by atoms with Gasteiger partial charge in [0.05, 0.1) is 4.90 Å². The summed E-state index contributed by atoms with van der Waals surface area (Å²) < 4.78 is 37.5. The topological polar surface area (TPSA) is 121 Å². The number of sulfonamides is 1. The summed E-state index contributed by atoms with van der Waals surface area (Å²) in [6.07, 6.45) is 1.93.